The molecule has 3 rings (SSSR count). The molecular formula is C15H21N3O2. The average molecular weight is 275 g/mol. The Morgan fingerprint density at radius 1 is 1.40 bits per heavy atom. The van der Waals surface area contributed by atoms with Crippen molar-refractivity contribution in [2.24, 2.45) is 11.7 Å². The van der Waals surface area contributed by atoms with Crippen molar-refractivity contribution >= 4 is 11.6 Å². The van der Waals surface area contributed by atoms with E-state index in [1.165, 1.54) is 5.06 Å². The van der Waals surface area contributed by atoms with Gasteiger partial charge in [0.25, 0.3) is 5.91 Å². The molecule has 2 fully saturated rings. The maximum absolute atomic E-state index is 11.9. The van der Waals surface area contributed by atoms with Crippen LogP contribution in [0.2, 0.25) is 0 Å². The lowest BCUT2D eigenvalue weighted by atomic mass is 9.98. The fraction of sp³-hybridized carbons (Fsp3) is 0.533. The fourth-order valence-corrected chi connectivity index (χ4v) is 3.20. The Morgan fingerprint density at radius 2 is 2.20 bits per heavy atom. The van der Waals surface area contributed by atoms with Gasteiger partial charge in [-0.2, -0.15) is 5.06 Å². The second-order valence-corrected chi connectivity index (χ2v) is 5.62. The first kappa shape index (κ1) is 13.5. The largest absolute Gasteiger partial charge is 0.330 e. The molecule has 2 aliphatic heterocycles. The highest BCUT2D eigenvalue weighted by Crippen LogP contribution is 2.39. The van der Waals surface area contributed by atoms with Crippen LogP contribution < -0.4 is 10.8 Å². The van der Waals surface area contributed by atoms with Crippen LogP contribution in [0.15, 0.2) is 24.3 Å². The van der Waals surface area contributed by atoms with E-state index in [9.17, 15) is 4.79 Å². The van der Waals surface area contributed by atoms with Gasteiger partial charge in [0.1, 0.15) is 0 Å². The van der Waals surface area contributed by atoms with E-state index < -0.39 is 0 Å². The van der Waals surface area contributed by atoms with Crippen LogP contribution >= 0.6 is 0 Å². The van der Waals surface area contributed by atoms with Gasteiger partial charge >= 0.3 is 0 Å². The van der Waals surface area contributed by atoms with Crippen molar-refractivity contribution in [3.05, 3.63) is 29.8 Å². The van der Waals surface area contributed by atoms with Crippen LogP contribution in [0.3, 0.4) is 0 Å². The number of para-hydroxylation sites is 1. The van der Waals surface area contributed by atoms with Crippen molar-refractivity contribution in [3.63, 3.8) is 0 Å². The maximum atomic E-state index is 11.9. The number of hydrogen-bond acceptors (Lipinski definition) is 4. The molecule has 108 valence electrons. The predicted octanol–water partition coefficient (Wildman–Crippen LogP) is 1.31. The molecule has 1 aromatic rings. The first-order chi connectivity index (χ1) is 9.70. The Morgan fingerprint density at radius 3 is 2.85 bits per heavy atom. The van der Waals surface area contributed by atoms with Crippen LogP contribution in [0.5, 0.6) is 0 Å². The summed E-state index contributed by atoms with van der Waals surface area (Å²) in [6.07, 6.45) is 1.49. The van der Waals surface area contributed by atoms with Crippen molar-refractivity contribution in [2.45, 2.75) is 18.9 Å². The molecule has 5 heteroatoms. The molecule has 0 radical (unpaired) electrons. The highest BCUT2D eigenvalue weighted by atomic mass is 16.7. The lowest BCUT2D eigenvalue weighted by Gasteiger charge is -2.25. The zero-order chi connectivity index (χ0) is 14.1. The molecule has 0 spiro atoms. The monoisotopic (exact) mass is 275 g/mol. The van der Waals surface area contributed by atoms with Crippen LogP contribution in [0.25, 0.3) is 0 Å². The van der Waals surface area contributed by atoms with Crippen LogP contribution in [-0.2, 0) is 9.63 Å². The molecule has 0 bridgehead atoms. The zero-order valence-corrected chi connectivity index (χ0v) is 11.8. The molecule has 2 atom stereocenters. The fourth-order valence-electron chi connectivity index (χ4n) is 3.20. The number of likely N-dealkylation sites (tertiary alicyclic amines) is 1. The molecule has 2 N–H and O–H groups in total. The summed E-state index contributed by atoms with van der Waals surface area (Å²) in [5, 5.41) is 1.46. The molecule has 2 unspecified atom stereocenters. The number of rotatable bonds is 3. The third kappa shape index (κ3) is 2.32. The molecule has 0 saturated carbocycles. The van der Waals surface area contributed by atoms with E-state index in [2.05, 4.69) is 18.0 Å². The molecule has 2 heterocycles. The average Bonchev–Trinajstić information content (AvgIpc) is 3.04. The topological polar surface area (TPSA) is 58.8 Å². The summed E-state index contributed by atoms with van der Waals surface area (Å²) in [6, 6.07) is 8.32. The lowest BCUT2D eigenvalue weighted by molar-refractivity contribution is -0.119. The quantitative estimate of drug-likeness (QED) is 0.903. The van der Waals surface area contributed by atoms with E-state index >= 15 is 0 Å². The molecule has 0 aliphatic carbocycles. The van der Waals surface area contributed by atoms with Crippen LogP contribution in [0, 0.1) is 5.92 Å². The summed E-state index contributed by atoms with van der Waals surface area (Å²) < 4.78 is 0. The Kier molecular flexibility index (Phi) is 3.74. The molecule has 2 saturated heterocycles. The van der Waals surface area contributed by atoms with Gasteiger partial charge in [0, 0.05) is 12.6 Å². The highest BCUT2D eigenvalue weighted by Gasteiger charge is 2.34. The second-order valence-electron chi connectivity index (χ2n) is 5.62. The van der Waals surface area contributed by atoms with Crippen LogP contribution in [0.1, 0.15) is 24.4 Å². The van der Waals surface area contributed by atoms with E-state index in [4.69, 9.17) is 10.6 Å². The summed E-state index contributed by atoms with van der Waals surface area (Å²) >= 11 is 0. The Balaban J connectivity index is 1.92. The second kappa shape index (κ2) is 5.52. The minimum Gasteiger partial charge on any atom is -0.330 e. The molecular weight excluding hydrogens is 254 g/mol. The van der Waals surface area contributed by atoms with Crippen LogP contribution in [-0.4, -0.2) is 37.6 Å². The number of hydrogen-bond donors (Lipinski definition) is 1. The summed E-state index contributed by atoms with van der Waals surface area (Å²) in [5.74, 6) is 0.557. The summed E-state index contributed by atoms with van der Waals surface area (Å²) in [4.78, 5) is 19.7. The first-order valence-corrected chi connectivity index (χ1v) is 7.16. The van der Waals surface area contributed by atoms with Gasteiger partial charge in [-0.3, -0.25) is 14.5 Å². The number of benzene rings is 1. The van der Waals surface area contributed by atoms with Crippen molar-refractivity contribution in [3.8, 4) is 0 Å². The standard InChI is InChI=1S/C15H21N3O2/c1-17-10-11(9-16)8-14(17)12-4-2-3-5-13(12)18-15(19)6-7-20-18/h2-5,11,14H,6-10,16H2,1H3. The van der Waals surface area contributed by atoms with Gasteiger partial charge < -0.3 is 5.73 Å². The Bertz CT molecular complexity index is 506. The number of amides is 1. The number of carbonyl (C=O) groups is 1. The minimum atomic E-state index is 0.0356. The zero-order valence-electron chi connectivity index (χ0n) is 11.8. The number of anilines is 1. The SMILES string of the molecule is CN1CC(CN)CC1c1ccccc1N1OCCC1=O. The van der Waals surface area contributed by atoms with Crippen LogP contribution in [0.4, 0.5) is 5.69 Å². The van der Waals surface area contributed by atoms with Gasteiger partial charge in [-0.15, -0.1) is 0 Å². The molecule has 1 aromatic carbocycles. The van der Waals surface area contributed by atoms with Crippen molar-refractivity contribution in [1.29, 1.82) is 0 Å². The molecule has 2 aliphatic rings. The van der Waals surface area contributed by atoms with Gasteiger partial charge in [0.05, 0.1) is 18.7 Å². The van der Waals surface area contributed by atoms with Gasteiger partial charge in [0.15, 0.2) is 0 Å². The minimum absolute atomic E-state index is 0.0356. The van der Waals surface area contributed by atoms with Gasteiger partial charge in [-0.1, -0.05) is 18.2 Å². The summed E-state index contributed by atoms with van der Waals surface area (Å²) in [7, 11) is 2.11. The van der Waals surface area contributed by atoms with Crippen molar-refractivity contribution in [1.82, 2.24) is 4.90 Å². The predicted molar refractivity (Wildman–Crippen MR) is 77.0 cm³/mol. The Labute approximate surface area is 119 Å². The van der Waals surface area contributed by atoms with Crippen molar-refractivity contribution < 1.29 is 9.63 Å². The number of carbonyl (C=O) groups excluding carboxylic acids is 1. The highest BCUT2D eigenvalue weighted by molar-refractivity contribution is 5.93. The normalized spacial score (nSPS) is 27.5. The number of nitrogens with zero attached hydrogens (tertiary/aromatic N) is 2. The molecule has 20 heavy (non-hydrogen) atoms. The molecule has 5 nitrogen and oxygen atoms in total. The van der Waals surface area contributed by atoms with Gasteiger partial charge in [0.2, 0.25) is 0 Å². The van der Waals surface area contributed by atoms with Gasteiger partial charge in [-0.25, -0.2) is 0 Å². The van der Waals surface area contributed by atoms with E-state index in [1.807, 2.05) is 18.2 Å². The summed E-state index contributed by atoms with van der Waals surface area (Å²) in [5.41, 5.74) is 7.84. The number of hydroxylamine groups is 1. The smallest absolute Gasteiger partial charge is 0.253 e. The Hall–Kier alpha value is -1.43. The maximum Gasteiger partial charge on any atom is 0.253 e. The first-order valence-electron chi connectivity index (χ1n) is 7.16. The van der Waals surface area contributed by atoms with E-state index in [-0.39, 0.29) is 5.91 Å². The molecule has 1 amide bonds. The van der Waals surface area contributed by atoms with E-state index in [1.54, 1.807) is 0 Å². The lowest BCUT2D eigenvalue weighted by Crippen LogP contribution is -2.26. The molecule has 0 aromatic heterocycles. The van der Waals surface area contributed by atoms with Crippen molar-refractivity contribution in [2.75, 3.05) is 31.8 Å². The van der Waals surface area contributed by atoms with E-state index in [0.29, 0.717) is 31.5 Å². The van der Waals surface area contributed by atoms with E-state index in [0.717, 1.165) is 24.2 Å². The summed E-state index contributed by atoms with van der Waals surface area (Å²) in [6.45, 7) is 2.19. The van der Waals surface area contributed by atoms with Gasteiger partial charge in [-0.05, 0) is 37.6 Å². The third-order valence-electron chi connectivity index (χ3n) is 4.25. The third-order valence-corrected chi connectivity index (χ3v) is 4.25. The number of nitrogens with two attached hydrogens (primary N) is 1.